The Morgan fingerprint density at radius 2 is 1.68 bits per heavy atom. The van der Waals surface area contributed by atoms with Crippen molar-refractivity contribution in [2.75, 3.05) is 15.3 Å². The highest BCUT2D eigenvalue weighted by Gasteiger charge is 2.31. The zero-order chi connectivity index (χ0) is 21.1. The van der Waals surface area contributed by atoms with Crippen molar-refractivity contribution in [3.63, 3.8) is 0 Å². The molecule has 0 unspecified atom stereocenters. The van der Waals surface area contributed by atoms with Gasteiger partial charge in [0.1, 0.15) is 0 Å². The van der Waals surface area contributed by atoms with Crippen LogP contribution in [0.2, 0.25) is 5.02 Å². The highest BCUT2D eigenvalue weighted by molar-refractivity contribution is 7.93. The molecule has 0 spiro atoms. The summed E-state index contributed by atoms with van der Waals surface area (Å²) in [7, 11) is -7.74. The molecular formula is C18H21ClN2O5S2. The van der Waals surface area contributed by atoms with Crippen molar-refractivity contribution in [2.45, 2.75) is 31.6 Å². The third kappa shape index (κ3) is 5.24. The Hall–Kier alpha value is -2.10. The third-order valence-corrected chi connectivity index (χ3v) is 6.40. The van der Waals surface area contributed by atoms with E-state index in [1.54, 1.807) is 19.1 Å². The summed E-state index contributed by atoms with van der Waals surface area (Å²) in [4.78, 5) is 12.6. The van der Waals surface area contributed by atoms with Gasteiger partial charge >= 0.3 is 0 Å². The lowest BCUT2D eigenvalue weighted by atomic mass is 10.2. The SMILES string of the molecule is CCCC(=O)N(c1ccc(NS(C)(=O)=O)c(Cl)c1)S(=O)(=O)c1ccc(C)cc1. The summed E-state index contributed by atoms with van der Waals surface area (Å²) < 4.78 is 52.0. The van der Waals surface area contributed by atoms with E-state index in [9.17, 15) is 21.6 Å². The Morgan fingerprint density at radius 1 is 1.07 bits per heavy atom. The molecular weight excluding hydrogens is 424 g/mol. The standard InChI is InChI=1S/C18H21ClN2O5S2/c1-4-5-18(22)21(28(25,26)15-9-6-13(2)7-10-15)14-8-11-17(16(19)12-14)20-27(3,23)24/h6-12,20H,4-5H2,1-3H3. The summed E-state index contributed by atoms with van der Waals surface area (Å²) in [5.41, 5.74) is 0.997. The predicted molar refractivity (Wildman–Crippen MR) is 111 cm³/mol. The van der Waals surface area contributed by atoms with Gasteiger partial charge in [-0.15, -0.1) is 0 Å². The quantitative estimate of drug-likeness (QED) is 0.703. The molecule has 7 nitrogen and oxygen atoms in total. The Bertz CT molecular complexity index is 1080. The van der Waals surface area contributed by atoms with Crippen molar-refractivity contribution in [1.29, 1.82) is 0 Å². The van der Waals surface area contributed by atoms with Gasteiger partial charge in [0.2, 0.25) is 15.9 Å². The van der Waals surface area contributed by atoms with E-state index in [2.05, 4.69) is 4.72 Å². The van der Waals surface area contributed by atoms with Crippen molar-refractivity contribution < 1.29 is 21.6 Å². The number of anilines is 2. The summed E-state index contributed by atoms with van der Waals surface area (Å²) in [6, 6.07) is 10.0. The third-order valence-electron chi connectivity index (χ3n) is 3.73. The maximum Gasteiger partial charge on any atom is 0.270 e. The van der Waals surface area contributed by atoms with Gasteiger partial charge in [-0.25, -0.2) is 21.1 Å². The lowest BCUT2D eigenvalue weighted by Gasteiger charge is -2.23. The summed E-state index contributed by atoms with van der Waals surface area (Å²) in [5, 5.41) is -0.0312. The molecule has 1 amide bonds. The molecule has 2 aromatic carbocycles. The van der Waals surface area contributed by atoms with Crippen LogP contribution in [0.4, 0.5) is 11.4 Å². The van der Waals surface area contributed by atoms with Gasteiger partial charge < -0.3 is 0 Å². The van der Waals surface area contributed by atoms with Gasteiger partial charge in [-0.05, 0) is 43.7 Å². The Labute approximate surface area is 170 Å². The first-order valence-corrected chi connectivity index (χ1v) is 12.1. The molecule has 0 aliphatic heterocycles. The minimum absolute atomic E-state index is 0.0199. The predicted octanol–water partition coefficient (Wildman–Crippen LogP) is 3.54. The van der Waals surface area contributed by atoms with Crippen LogP contribution in [0.25, 0.3) is 0 Å². The average molecular weight is 445 g/mol. The molecule has 0 aliphatic carbocycles. The van der Waals surface area contributed by atoms with Crippen molar-refractivity contribution in [2.24, 2.45) is 0 Å². The average Bonchev–Trinajstić information content (AvgIpc) is 2.57. The first-order valence-electron chi connectivity index (χ1n) is 8.38. The minimum atomic E-state index is -4.17. The van der Waals surface area contributed by atoms with E-state index < -0.39 is 26.0 Å². The molecule has 0 bridgehead atoms. The zero-order valence-corrected chi connectivity index (χ0v) is 18.0. The number of nitrogens with one attached hydrogen (secondary N) is 1. The van der Waals surface area contributed by atoms with E-state index >= 15 is 0 Å². The summed E-state index contributed by atoms with van der Waals surface area (Å²) >= 11 is 6.12. The fourth-order valence-electron chi connectivity index (χ4n) is 2.46. The molecule has 0 fully saturated rings. The largest absolute Gasteiger partial charge is 0.282 e. The Kier molecular flexibility index (Phi) is 6.74. The molecule has 0 radical (unpaired) electrons. The molecule has 0 saturated heterocycles. The number of carbonyl (C=O) groups is 1. The number of amides is 1. The molecule has 28 heavy (non-hydrogen) atoms. The number of benzene rings is 2. The molecule has 10 heteroatoms. The van der Waals surface area contributed by atoms with Crippen LogP contribution in [0.1, 0.15) is 25.3 Å². The fourth-order valence-corrected chi connectivity index (χ4v) is 4.76. The van der Waals surface area contributed by atoms with Gasteiger partial charge in [0.05, 0.1) is 27.5 Å². The van der Waals surface area contributed by atoms with Crippen LogP contribution in [0, 0.1) is 6.92 Å². The van der Waals surface area contributed by atoms with Gasteiger partial charge in [0, 0.05) is 6.42 Å². The van der Waals surface area contributed by atoms with Crippen molar-refractivity contribution >= 4 is 48.9 Å². The van der Waals surface area contributed by atoms with Crippen LogP contribution in [0.15, 0.2) is 47.4 Å². The lowest BCUT2D eigenvalue weighted by Crippen LogP contribution is -2.36. The van der Waals surface area contributed by atoms with Crippen LogP contribution >= 0.6 is 11.6 Å². The van der Waals surface area contributed by atoms with E-state index in [1.807, 2.05) is 6.92 Å². The maximum atomic E-state index is 13.1. The first-order chi connectivity index (χ1) is 13.0. The number of sulfonamides is 2. The van der Waals surface area contributed by atoms with Crippen LogP contribution in [-0.2, 0) is 24.8 Å². The van der Waals surface area contributed by atoms with Gasteiger partial charge in [-0.2, -0.15) is 0 Å². The van der Waals surface area contributed by atoms with Crippen LogP contribution in [-0.4, -0.2) is 29.0 Å². The fraction of sp³-hybridized carbons (Fsp3) is 0.278. The molecule has 0 heterocycles. The first kappa shape index (κ1) is 22.2. The minimum Gasteiger partial charge on any atom is -0.282 e. The Balaban J connectivity index is 2.57. The monoisotopic (exact) mass is 444 g/mol. The summed E-state index contributed by atoms with van der Waals surface area (Å²) in [6.45, 7) is 3.59. The number of carbonyl (C=O) groups excluding carboxylic acids is 1. The van der Waals surface area contributed by atoms with Gasteiger partial charge in [0.15, 0.2) is 0 Å². The number of rotatable bonds is 7. The van der Waals surface area contributed by atoms with Gasteiger partial charge in [-0.3, -0.25) is 9.52 Å². The normalized spacial score (nSPS) is 11.9. The molecule has 0 aliphatic rings. The highest BCUT2D eigenvalue weighted by atomic mass is 35.5. The molecule has 1 N–H and O–H groups in total. The second-order valence-electron chi connectivity index (χ2n) is 6.26. The van der Waals surface area contributed by atoms with Crippen LogP contribution in [0.5, 0.6) is 0 Å². The summed E-state index contributed by atoms with van der Waals surface area (Å²) in [6.07, 6.45) is 1.45. The molecule has 0 saturated carbocycles. The molecule has 0 atom stereocenters. The van der Waals surface area contributed by atoms with Gasteiger partial charge in [-0.1, -0.05) is 36.2 Å². The second kappa shape index (κ2) is 8.50. The van der Waals surface area contributed by atoms with Crippen LogP contribution in [0.3, 0.4) is 0 Å². The van der Waals surface area contributed by atoms with E-state index in [4.69, 9.17) is 11.6 Å². The van der Waals surface area contributed by atoms with E-state index in [0.29, 0.717) is 10.7 Å². The van der Waals surface area contributed by atoms with Crippen molar-refractivity contribution in [1.82, 2.24) is 0 Å². The maximum absolute atomic E-state index is 13.1. The second-order valence-corrected chi connectivity index (χ2v) is 10.2. The number of nitrogens with zero attached hydrogens (tertiary/aromatic N) is 1. The molecule has 2 rings (SSSR count). The number of hydrogen-bond donors (Lipinski definition) is 1. The van der Waals surface area contributed by atoms with E-state index in [-0.39, 0.29) is 27.7 Å². The topological polar surface area (TPSA) is 101 Å². The zero-order valence-electron chi connectivity index (χ0n) is 15.6. The lowest BCUT2D eigenvalue weighted by molar-refractivity contribution is -0.117. The smallest absolute Gasteiger partial charge is 0.270 e. The van der Waals surface area contributed by atoms with Crippen LogP contribution < -0.4 is 9.03 Å². The van der Waals surface area contributed by atoms with E-state index in [0.717, 1.165) is 11.8 Å². The summed E-state index contributed by atoms with van der Waals surface area (Å²) in [5.74, 6) is -0.608. The number of aryl methyl sites for hydroxylation is 1. The highest BCUT2D eigenvalue weighted by Crippen LogP contribution is 2.32. The van der Waals surface area contributed by atoms with Crippen molar-refractivity contribution in [3.8, 4) is 0 Å². The molecule has 2 aromatic rings. The van der Waals surface area contributed by atoms with Crippen molar-refractivity contribution in [3.05, 3.63) is 53.1 Å². The van der Waals surface area contributed by atoms with E-state index in [1.165, 1.54) is 30.3 Å². The Morgan fingerprint density at radius 3 is 2.18 bits per heavy atom. The molecule has 0 aromatic heterocycles. The molecule has 152 valence electrons. The number of hydrogen-bond acceptors (Lipinski definition) is 5. The number of halogens is 1. The van der Waals surface area contributed by atoms with Gasteiger partial charge in [0.25, 0.3) is 10.0 Å².